The fourth-order valence-corrected chi connectivity index (χ4v) is 8.75. The summed E-state index contributed by atoms with van der Waals surface area (Å²) < 4.78 is 23.0. The molecule has 5 atom stereocenters. The van der Waals surface area contributed by atoms with Crippen LogP contribution in [-0.2, 0) is 25.6 Å². The number of imidazole rings is 2. The third kappa shape index (κ3) is 7.47. The van der Waals surface area contributed by atoms with Gasteiger partial charge in [0.2, 0.25) is 5.91 Å². The van der Waals surface area contributed by atoms with Crippen LogP contribution in [0, 0.1) is 11.8 Å². The number of ether oxygens (including phenoxy) is 4. The summed E-state index contributed by atoms with van der Waals surface area (Å²) in [6.45, 7) is 15.9. The lowest BCUT2D eigenvalue weighted by Crippen LogP contribution is -2.49. The Labute approximate surface area is 339 Å². The lowest BCUT2D eigenvalue weighted by Gasteiger charge is -2.31. The van der Waals surface area contributed by atoms with Gasteiger partial charge in [0.25, 0.3) is 0 Å². The van der Waals surface area contributed by atoms with Gasteiger partial charge in [-0.1, -0.05) is 38.5 Å². The number of likely N-dealkylation sites (tertiary alicyclic amines) is 2. The Morgan fingerprint density at radius 1 is 1.05 bits per heavy atom. The van der Waals surface area contributed by atoms with Crippen LogP contribution in [-0.4, -0.2) is 87.3 Å². The van der Waals surface area contributed by atoms with E-state index in [4.69, 9.17) is 28.9 Å². The summed E-state index contributed by atoms with van der Waals surface area (Å²) in [4.78, 5) is 48.0. The number of carbonyl (C=O) groups is 2. The number of rotatable bonds is 11. The SMILES string of the molecule is C=C(N[C@H](C(=O)N1CCC[C@H]1c1ncc(-c2ccc3c(c2)COc2cc4c(ccc5[nH]c([C@@H]6CC(COC)CN6C(=O)OC(C)(C)C)nc54)cc2-3)[nH]1)C(C)CC)OC. The zero-order valence-corrected chi connectivity index (χ0v) is 34.6. The quantitative estimate of drug-likeness (QED) is 0.112. The number of aromatic nitrogens is 4. The molecule has 2 aromatic heterocycles. The Hall–Kier alpha value is -5.56. The average molecular weight is 790 g/mol. The molecule has 0 radical (unpaired) electrons. The van der Waals surface area contributed by atoms with Crippen molar-refractivity contribution in [1.29, 1.82) is 0 Å². The van der Waals surface area contributed by atoms with Crippen molar-refractivity contribution < 1.29 is 28.5 Å². The maximum atomic E-state index is 13.9. The first-order chi connectivity index (χ1) is 27.8. The van der Waals surface area contributed by atoms with Crippen molar-refractivity contribution >= 4 is 33.8 Å². The van der Waals surface area contributed by atoms with E-state index in [1.165, 1.54) is 0 Å². The second-order valence-electron chi connectivity index (χ2n) is 17.0. The Morgan fingerprint density at radius 3 is 2.64 bits per heavy atom. The fourth-order valence-electron chi connectivity index (χ4n) is 8.75. The van der Waals surface area contributed by atoms with E-state index in [2.05, 4.69) is 78.2 Å². The Kier molecular flexibility index (Phi) is 10.6. The van der Waals surface area contributed by atoms with E-state index in [1.54, 1.807) is 19.1 Å². The molecule has 58 heavy (non-hydrogen) atoms. The number of fused-ring (bicyclic) bond motifs is 6. The van der Waals surface area contributed by atoms with Crippen LogP contribution in [0.5, 0.6) is 5.75 Å². The molecule has 13 heteroatoms. The van der Waals surface area contributed by atoms with Crippen molar-refractivity contribution in [3.05, 3.63) is 78.3 Å². The summed E-state index contributed by atoms with van der Waals surface area (Å²) in [5.41, 5.74) is 6.24. The van der Waals surface area contributed by atoms with Crippen LogP contribution in [0.1, 0.15) is 89.6 Å². The number of H-pyrrole nitrogens is 2. The smallest absolute Gasteiger partial charge is 0.410 e. The summed E-state index contributed by atoms with van der Waals surface area (Å²) in [6, 6.07) is 14.0. The average Bonchev–Trinajstić information content (AvgIpc) is 4.04. The standard InChI is InChI=1S/C45H55N7O6/c1-9-25(2)39(47-26(3)56-8)43(53)51-16-10-11-36(51)41-46-21-35(49-41)29-12-14-31-30(18-29)24-57-38-20-32-28(19-33(31)38)13-15-34-40(32)50-42(48-34)37-17-27(23-55-7)22-52(37)44(54)58-45(4,5)6/h12-15,18-21,25,27,36-37,39,47H,3,9-11,16-17,22-24H2,1-2,4-8H3,(H,46,49)(H,48,50)/t25?,27?,36-,37-,39-/m0/s1. The third-order valence-corrected chi connectivity index (χ3v) is 11.9. The van der Waals surface area contributed by atoms with Crippen molar-refractivity contribution in [2.45, 2.75) is 90.6 Å². The van der Waals surface area contributed by atoms with Crippen molar-refractivity contribution in [3.8, 4) is 28.1 Å². The first-order valence-electron chi connectivity index (χ1n) is 20.4. The van der Waals surface area contributed by atoms with Gasteiger partial charge in [-0.05, 0) is 98.9 Å². The molecule has 8 rings (SSSR count). The van der Waals surface area contributed by atoms with Crippen LogP contribution >= 0.6 is 0 Å². The maximum Gasteiger partial charge on any atom is 0.410 e. The van der Waals surface area contributed by atoms with Gasteiger partial charge in [0, 0.05) is 37.1 Å². The number of methoxy groups -OCH3 is 2. The van der Waals surface area contributed by atoms with Gasteiger partial charge in [-0.2, -0.15) is 0 Å². The highest BCUT2D eigenvalue weighted by molar-refractivity contribution is 6.07. The topological polar surface area (TPSA) is 147 Å². The van der Waals surface area contributed by atoms with Gasteiger partial charge in [0.1, 0.15) is 35.6 Å². The zero-order valence-electron chi connectivity index (χ0n) is 34.6. The minimum atomic E-state index is -0.607. The van der Waals surface area contributed by atoms with Gasteiger partial charge >= 0.3 is 6.09 Å². The van der Waals surface area contributed by atoms with Crippen LogP contribution < -0.4 is 10.1 Å². The van der Waals surface area contributed by atoms with Crippen molar-refractivity contribution in [2.24, 2.45) is 11.8 Å². The second kappa shape index (κ2) is 15.7. The molecule has 0 spiro atoms. The number of benzene rings is 3. The summed E-state index contributed by atoms with van der Waals surface area (Å²) >= 11 is 0. The number of hydrogen-bond acceptors (Lipinski definition) is 9. The molecular weight excluding hydrogens is 735 g/mol. The van der Waals surface area contributed by atoms with Crippen LogP contribution in [0.3, 0.4) is 0 Å². The molecule has 3 aliphatic heterocycles. The first-order valence-corrected chi connectivity index (χ1v) is 20.4. The fraction of sp³-hybridized carbons (Fsp3) is 0.467. The highest BCUT2D eigenvalue weighted by Crippen LogP contribution is 2.44. The molecule has 306 valence electrons. The van der Waals surface area contributed by atoms with Crippen LogP contribution in [0.4, 0.5) is 4.79 Å². The van der Waals surface area contributed by atoms with E-state index in [1.807, 2.05) is 31.9 Å². The Bertz CT molecular complexity index is 2360. The van der Waals surface area contributed by atoms with Gasteiger partial charge in [0.15, 0.2) is 5.88 Å². The minimum absolute atomic E-state index is 0.0355. The summed E-state index contributed by atoms with van der Waals surface area (Å²) in [6.07, 6.45) is 4.83. The predicted molar refractivity (Wildman–Crippen MR) is 223 cm³/mol. The molecule has 13 nitrogen and oxygen atoms in total. The first kappa shape index (κ1) is 39.3. The van der Waals surface area contributed by atoms with Crippen LogP contribution in [0.15, 0.2) is 61.1 Å². The molecule has 0 aliphatic carbocycles. The van der Waals surface area contributed by atoms with Gasteiger partial charge in [0.05, 0.1) is 48.7 Å². The molecular formula is C45H55N7O6. The van der Waals surface area contributed by atoms with E-state index < -0.39 is 11.6 Å². The van der Waals surface area contributed by atoms with Crippen molar-refractivity contribution in [1.82, 2.24) is 35.1 Å². The molecule has 2 unspecified atom stereocenters. The number of nitrogens with zero attached hydrogens (tertiary/aromatic N) is 4. The van der Waals surface area contributed by atoms with Crippen LogP contribution in [0.2, 0.25) is 0 Å². The highest BCUT2D eigenvalue weighted by atomic mass is 16.6. The lowest BCUT2D eigenvalue weighted by molar-refractivity contribution is -0.136. The normalized spacial score (nSPS) is 20.1. The van der Waals surface area contributed by atoms with Gasteiger partial charge in [-0.25, -0.2) is 14.8 Å². The van der Waals surface area contributed by atoms with Gasteiger partial charge in [-0.3, -0.25) is 9.69 Å². The molecule has 3 aliphatic rings. The largest absolute Gasteiger partial charge is 0.488 e. The van der Waals surface area contributed by atoms with E-state index in [0.29, 0.717) is 32.2 Å². The Balaban J connectivity index is 1.04. The predicted octanol–water partition coefficient (Wildman–Crippen LogP) is 8.40. The number of nitrogens with one attached hydrogen (secondary N) is 3. The van der Waals surface area contributed by atoms with E-state index in [9.17, 15) is 9.59 Å². The van der Waals surface area contributed by atoms with Crippen molar-refractivity contribution in [3.63, 3.8) is 0 Å². The minimum Gasteiger partial charge on any atom is -0.488 e. The molecule has 3 N–H and O–H groups in total. The van der Waals surface area contributed by atoms with E-state index in [-0.39, 0.29) is 35.9 Å². The van der Waals surface area contributed by atoms with Crippen LogP contribution in [0.25, 0.3) is 44.2 Å². The molecule has 2 fully saturated rings. The molecule has 0 bridgehead atoms. The summed E-state index contributed by atoms with van der Waals surface area (Å²) in [7, 11) is 3.24. The number of carbonyl (C=O) groups excluding carboxylic acids is 2. The second-order valence-corrected chi connectivity index (χ2v) is 17.0. The molecule has 5 aromatic rings. The molecule has 2 saturated heterocycles. The molecule has 2 amide bonds. The van der Waals surface area contributed by atoms with Gasteiger partial charge in [-0.15, -0.1) is 0 Å². The van der Waals surface area contributed by atoms with E-state index in [0.717, 1.165) is 92.8 Å². The Morgan fingerprint density at radius 2 is 1.88 bits per heavy atom. The highest BCUT2D eigenvalue weighted by Gasteiger charge is 2.41. The third-order valence-electron chi connectivity index (χ3n) is 11.9. The number of hydrogen-bond donors (Lipinski definition) is 3. The summed E-state index contributed by atoms with van der Waals surface area (Å²) in [5.74, 6) is 3.02. The molecule has 5 heterocycles. The summed E-state index contributed by atoms with van der Waals surface area (Å²) in [5, 5.41) is 5.23. The molecule has 0 saturated carbocycles. The maximum absolute atomic E-state index is 13.9. The van der Waals surface area contributed by atoms with E-state index >= 15 is 0 Å². The zero-order chi connectivity index (χ0) is 40.9. The number of amides is 2. The van der Waals surface area contributed by atoms with Crippen molar-refractivity contribution in [2.75, 3.05) is 33.9 Å². The monoisotopic (exact) mass is 789 g/mol. The van der Waals surface area contributed by atoms with Gasteiger partial charge < -0.3 is 39.1 Å². The molecule has 3 aromatic carbocycles. The lowest BCUT2D eigenvalue weighted by atomic mass is 9.92. The number of aromatic amines is 2.